The third-order valence-corrected chi connectivity index (χ3v) is 6.98. The predicted molar refractivity (Wildman–Crippen MR) is 102 cm³/mol. The van der Waals surface area contributed by atoms with E-state index in [-0.39, 0.29) is 17.6 Å². The first-order valence-corrected chi connectivity index (χ1v) is 10.8. The molecule has 2 aliphatic rings. The van der Waals surface area contributed by atoms with Crippen molar-refractivity contribution < 1.29 is 17.9 Å². The standard InChI is InChI=1S/C18H27N3O4S/c1-2-26(23,24)21-9-7-15(8-10-21)18(22)19-16-5-3-4-6-17(16)20-11-13-25-14-12-20/h3-6,15H,2,7-14H2,1H3,(H,19,22). The minimum atomic E-state index is -3.17. The van der Waals surface area contributed by atoms with Crippen molar-refractivity contribution in [3.8, 4) is 0 Å². The monoisotopic (exact) mass is 381 g/mol. The van der Waals surface area contributed by atoms with E-state index in [1.807, 2.05) is 24.3 Å². The van der Waals surface area contributed by atoms with E-state index in [1.165, 1.54) is 4.31 Å². The van der Waals surface area contributed by atoms with Crippen molar-refractivity contribution >= 4 is 27.3 Å². The SMILES string of the molecule is CCS(=O)(=O)N1CCC(C(=O)Nc2ccccc2N2CCOCC2)CC1. The van der Waals surface area contributed by atoms with Crippen LogP contribution >= 0.6 is 0 Å². The lowest BCUT2D eigenvalue weighted by atomic mass is 9.97. The van der Waals surface area contributed by atoms with Crippen LogP contribution in [0.2, 0.25) is 0 Å². The number of sulfonamides is 1. The summed E-state index contributed by atoms with van der Waals surface area (Å²) in [6.45, 7) is 5.47. The van der Waals surface area contributed by atoms with Crippen molar-refractivity contribution in [2.45, 2.75) is 19.8 Å². The molecule has 0 radical (unpaired) electrons. The lowest BCUT2D eigenvalue weighted by molar-refractivity contribution is -0.120. The zero-order valence-electron chi connectivity index (χ0n) is 15.2. The van der Waals surface area contributed by atoms with Crippen LogP contribution in [0.5, 0.6) is 0 Å². The van der Waals surface area contributed by atoms with Crippen LogP contribution in [-0.2, 0) is 19.6 Å². The minimum absolute atomic E-state index is 0.0285. The molecule has 2 aliphatic heterocycles. The van der Waals surface area contributed by atoms with Crippen LogP contribution < -0.4 is 10.2 Å². The Morgan fingerprint density at radius 3 is 2.46 bits per heavy atom. The molecule has 1 aromatic carbocycles. The molecule has 1 amide bonds. The molecule has 2 fully saturated rings. The van der Waals surface area contributed by atoms with Crippen LogP contribution in [0.1, 0.15) is 19.8 Å². The highest BCUT2D eigenvalue weighted by molar-refractivity contribution is 7.89. The second-order valence-corrected chi connectivity index (χ2v) is 8.94. The zero-order chi connectivity index (χ0) is 18.6. The average Bonchev–Trinajstić information content (AvgIpc) is 2.69. The Labute approximate surface area is 155 Å². The van der Waals surface area contributed by atoms with Crippen LogP contribution in [0.15, 0.2) is 24.3 Å². The topological polar surface area (TPSA) is 79.0 Å². The summed E-state index contributed by atoms with van der Waals surface area (Å²) in [5.74, 6) is -0.0770. The van der Waals surface area contributed by atoms with E-state index in [2.05, 4.69) is 10.2 Å². The number of hydrogen-bond donors (Lipinski definition) is 1. The average molecular weight is 381 g/mol. The molecule has 0 spiro atoms. The first kappa shape index (κ1) is 19.1. The number of rotatable bonds is 5. The van der Waals surface area contributed by atoms with E-state index in [4.69, 9.17) is 4.74 Å². The molecule has 0 bridgehead atoms. The molecule has 0 saturated carbocycles. The van der Waals surface area contributed by atoms with Crippen molar-refractivity contribution in [2.24, 2.45) is 5.92 Å². The van der Waals surface area contributed by atoms with Crippen LogP contribution in [-0.4, -0.2) is 63.8 Å². The first-order valence-electron chi connectivity index (χ1n) is 9.21. The highest BCUT2D eigenvalue weighted by Gasteiger charge is 2.30. The Morgan fingerprint density at radius 2 is 1.81 bits per heavy atom. The number of para-hydroxylation sites is 2. The van der Waals surface area contributed by atoms with Gasteiger partial charge in [0.1, 0.15) is 0 Å². The second-order valence-electron chi connectivity index (χ2n) is 6.68. The molecule has 26 heavy (non-hydrogen) atoms. The Bertz CT molecular complexity index is 724. The molecule has 2 saturated heterocycles. The van der Waals surface area contributed by atoms with Crippen molar-refractivity contribution in [3.63, 3.8) is 0 Å². The molecule has 144 valence electrons. The van der Waals surface area contributed by atoms with Gasteiger partial charge < -0.3 is 15.0 Å². The van der Waals surface area contributed by atoms with Gasteiger partial charge >= 0.3 is 0 Å². The fourth-order valence-corrected chi connectivity index (χ4v) is 4.61. The van der Waals surface area contributed by atoms with Gasteiger partial charge in [-0.15, -0.1) is 0 Å². The number of anilines is 2. The van der Waals surface area contributed by atoms with Gasteiger partial charge in [0, 0.05) is 32.1 Å². The van der Waals surface area contributed by atoms with E-state index < -0.39 is 10.0 Å². The molecule has 0 unspecified atom stereocenters. The molecule has 1 aromatic rings. The molecule has 2 heterocycles. The smallest absolute Gasteiger partial charge is 0.227 e. The van der Waals surface area contributed by atoms with Crippen molar-refractivity contribution in [1.29, 1.82) is 0 Å². The number of benzene rings is 1. The summed E-state index contributed by atoms with van der Waals surface area (Å²) in [5.41, 5.74) is 1.82. The van der Waals surface area contributed by atoms with Gasteiger partial charge in [-0.25, -0.2) is 12.7 Å². The maximum atomic E-state index is 12.7. The third kappa shape index (κ3) is 4.36. The number of nitrogens with one attached hydrogen (secondary N) is 1. The van der Waals surface area contributed by atoms with Gasteiger partial charge in [-0.05, 0) is 31.9 Å². The van der Waals surface area contributed by atoms with E-state index >= 15 is 0 Å². The molecular formula is C18H27N3O4S. The fourth-order valence-electron chi connectivity index (χ4n) is 3.47. The number of morpholine rings is 1. The van der Waals surface area contributed by atoms with E-state index in [0.29, 0.717) is 39.1 Å². The molecule has 8 heteroatoms. The first-order chi connectivity index (χ1) is 12.5. The number of piperidine rings is 1. The lowest BCUT2D eigenvalue weighted by Gasteiger charge is -2.32. The van der Waals surface area contributed by atoms with Gasteiger partial charge in [0.05, 0.1) is 30.3 Å². The third-order valence-electron chi connectivity index (χ3n) is 5.10. The molecule has 1 N–H and O–H groups in total. The molecule has 0 atom stereocenters. The Hall–Kier alpha value is -1.64. The molecule has 7 nitrogen and oxygen atoms in total. The van der Waals surface area contributed by atoms with E-state index in [9.17, 15) is 13.2 Å². The summed E-state index contributed by atoms with van der Waals surface area (Å²) in [4.78, 5) is 14.9. The summed E-state index contributed by atoms with van der Waals surface area (Å²) >= 11 is 0. The van der Waals surface area contributed by atoms with Crippen molar-refractivity contribution in [3.05, 3.63) is 24.3 Å². The number of ether oxygens (including phenoxy) is 1. The van der Waals surface area contributed by atoms with Crippen LogP contribution in [0.25, 0.3) is 0 Å². The Balaban J connectivity index is 1.62. The summed E-state index contributed by atoms with van der Waals surface area (Å²) < 4.78 is 30.8. The number of carbonyl (C=O) groups excluding carboxylic acids is 1. The van der Waals surface area contributed by atoms with Gasteiger partial charge in [0.2, 0.25) is 15.9 Å². The van der Waals surface area contributed by atoms with E-state index in [0.717, 1.165) is 24.5 Å². The summed E-state index contributed by atoms with van der Waals surface area (Å²) in [6, 6.07) is 7.81. The molecule has 0 aromatic heterocycles. The Morgan fingerprint density at radius 1 is 1.15 bits per heavy atom. The quantitative estimate of drug-likeness (QED) is 0.837. The second kappa shape index (κ2) is 8.37. The lowest BCUT2D eigenvalue weighted by Crippen LogP contribution is -2.42. The summed E-state index contributed by atoms with van der Waals surface area (Å²) in [6.07, 6.45) is 1.12. The van der Waals surface area contributed by atoms with Crippen LogP contribution in [0.3, 0.4) is 0 Å². The highest BCUT2D eigenvalue weighted by atomic mass is 32.2. The number of nitrogens with zero attached hydrogens (tertiary/aromatic N) is 2. The van der Waals surface area contributed by atoms with Crippen molar-refractivity contribution in [1.82, 2.24) is 4.31 Å². The van der Waals surface area contributed by atoms with Gasteiger partial charge in [-0.3, -0.25) is 4.79 Å². The van der Waals surface area contributed by atoms with Gasteiger partial charge in [-0.2, -0.15) is 0 Å². The van der Waals surface area contributed by atoms with Gasteiger partial charge in [0.25, 0.3) is 0 Å². The normalized spacial score (nSPS) is 20.1. The van der Waals surface area contributed by atoms with Crippen LogP contribution in [0, 0.1) is 5.92 Å². The summed E-state index contributed by atoms with van der Waals surface area (Å²) in [7, 11) is -3.17. The van der Waals surface area contributed by atoms with E-state index in [1.54, 1.807) is 6.92 Å². The van der Waals surface area contributed by atoms with Gasteiger partial charge in [-0.1, -0.05) is 12.1 Å². The predicted octanol–water partition coefficient (Wildman–Crippen LogP) is 1.52. The maximum absolute atomic E-state index is 12.7. The largest absolute Gasteiger partial charge is 0.378 e. The van der Waals surface area contributed by atoms with Crippen LogP contribution in [0.4, 0.5) is 11.4 Å². The zero-order valence-corrected chi connectivity index (χ0v) is 16.0. The number of hydrogen-bond acceptors (Lipinski definition) is 5. The molecular weight excluding hydrogens is 354 g/mol. The van der Waals surface area contributed by atoms with Crippen molar-refractivity contribution in [2.75, 3.05) is 55.4 Å². The van der Waals surface area contributed by atoms with Gasteiger partial charge in [0.15, 0.2) is 0 Å². The fraction of sp³-hybridized carbons (Fsp3) is 0.611. The number of carbonyl (C=O) groups is 1. The maximum Gasteiger partial charge on any atom is 0.227 e. The number of amides is 1. The molecule has 3 rings (SSSR count). The highest BCUT2D eigenvalue weighted by Crippen LogP contribution is 2.28. The minimum Gasteiger partial charge on any atom is -0.378 e. The summed E-state index contributed by atoms with van der Waals surface area (Å²) in [5, 5.41) is 3.06. The Kier molecular flexibility index (Phi) is 6.16. The molecule has 0 aliphatic carbocycles.